The second-order valence-electron chi connectivity index (χ2n) is 6.43. The van der Waals surface area contributed by atoms with Crippen molar-refractivity contribution in [2.75, 3.05) is 26.7 Å². The van der Waals surface area contributed by atoms with Gasteiger partial charge >= 0.3 is 0 Å². The van der Waals surface area contributed by atoms with Crippen LogP contribution in [0.4, 0.5) is 4.39 Å². The summed E-state index contributed by atoms with van der Waals surface area (Å²) in [5.41, 5.74) is 3.13. The average molecular weight is 503 g/mol. The van der Waals surface area contributed by atoms with E-state index < -0.39 is 0 Å². The summed E-state index contributed by atoms with van der Waals surface area (Å²) < 4.78 is 20.6. The van der Waals surface area contributed by atoms with Crippen LogP contribution in [0.15, 0.2) is 35.3 Å². The van der Waals surface area contributed by atoms with Gasteiger partial charge in [-0.3, -0.25) is 9.67 Å². The highest BCUT2D eigenvalue weighted by molar-refractivity contribution is 14.0. The number of hydrogen-bond donors (Lipinski definition) is 2. The number of aromatic nitrogens is 2. The number of rotatable bonds is 9. The van der Waals surface area contributed by atoms with Crippen LogP contribution in [0.3, 0.4) is 0 Å². The maximum Gasteiger partial charge on any atom is 0.191 e. The van der Waals surface area contributed by atoms with Gasteiger partial charge < -0.3 is 15.4 Å². The molecule has 2 aromatic rings. The highest BCUT2D eigenvalue weighted by atomic mass is 127. The van der Waals surface area contributed by atoms with E-state index in [0.29, 0.717) is 6.54 Å². The molecule has 0 spiro atoms. The predicted octanol–water partition coefficient (Wildman–Crippen LogP) is 3.59. The molecule has 0 saturated carbocycles. The van der Waals surface area contributed by atoms with E-state index in [1.165, 1.54) is 17.8 Å². The molecule has 156 valence electrons. The number of methoxy groups -OCH3 is 1. The number of nitrogens with one attached hydrogen (secondary N) is 2. The van der Waals surface area contributed by atoms with Gasteiger partial charge in [0, 0.05) is 32.4 Å². The van der Waals surface area contributed by atoms with Crippen molar-refractivity contribution in [3.8, 4) is 0 Å². The normalized spacial score (nSPS) is 12.4. The molecule has 1 unspecified atom stereocenters. The zero-order chi connectivity index (χ0) is 19.6. The molecule has 6 nitrogen and oxygen atoms in total. The largest absolute Gasteiger partial charge is 0.375 e. The molecule has 2 rings (SSSR count). The molecule has 0 aliphatic rings. The van der Waals surface area contributed by atoms with Crippen molar-refractivity contribution >= 4 is 29.9 Å². The van der Waals surface area contributed by atoms with Crippen molar-refractivity contribution in [1.29, 1.82) is 0 Å². The third kappa shape index (κ3) is 7.75. The molecule has 8 heteroatoms. The lowest BCUT2D eigenvalue weighted by Gasteiger charge is -2.16. The van der Waals surface area contributed by atoms with Gasteiger partial charge in [-0.2, -0.15) is 5.10 Å². The first kappa shape index (κ1) is 24.4. The lowest BCUT2D eigenvalue weighted by molar-refractivity contribution is 0.111. The Labute approximate surface area is 184 Å². The summed E-state index contributed by atoms with van der Waals surface area (Å²) in [4.78, 5) is 4.60. The van der Waals surface area contributed by atoms with E-state index in [1.807, 2.05) is 18.5 Å². The number of benzene rings is 1. The Morgan fingerprint density at radius 1 is 1.25 bits per heavy atom. The zero-order valence-corrected chi connectivity index (χ0v) is 19.4. The molecular formula is C20H31FIN5O. The van der Waals surface area contributed by atoms with Gasteiger partial charge in [-0.1, -0.05) is 12.1 Å². The monoisotopic (exact) mass is 503 g/mol. The number of halogens is 2. The topological polar surface area (TPSA) is 63.5 Å². The van der Waals surface area contributed by atoms with Crippen molar-refractivity contribution in [2.24, 2.45) is 4.99 Å². The first-order valence-corrected chi connectivity index (χ1v) is 9.35. The molecule has 2 N–H and O–H groups in total. The third-order valence-corrected chi connectivity index (χ3v) is 4.23. The summed E-state index contributed by atoms with van der Waals surface area (Å²) in [6.45, 7) is 8.98. The molecule has 0 amide bonds. The third-order valence-electron chi connectivity index (χ3n) is 4.23. The van der Waals surface area contributed by atoms with Crippen molar-refractivity contribution in [3.05, 3.63) is 53.1 Å². The number of nitrogens with zero attached hydrogens (tertiary/aromatic N) is 3. The Morgan fingerprint density at radius 2 is 1.96 bits per heavy atom. The maximum absolute atomic E-state index is 13.1. The van der Waals surface area contributed by atoms with Crippen LogP contribution in [-0.4, -0.2) is 42.5 Å². The number of guanidine groups is 1. The van der Waals surface area contributed by atoms with Gasteiger partial charge in [-0.05, 0) is 51.0 Å². The van der Waals surface area contributed by atoms with Gasteiger partial charge in [-0.25, -0.2) is 4.39 Å². The fourth-order valence-corrected chi connectivity index (χ4v) is 2.85. The standard InChI is InChI=1S/C20H30FN5O.HI/c1-5-22-20(23-11-6-12-26-16(3)13-15(2)25-26)24-14-19(27-4)17-7-9-18(21)10-8-17;/h7-10,13,19H,5-6,11-12,14H2,1-4H3,(H2,22,23,24);1H. The van der Waals surface area contributed by atoms with E-state index in [-0.39, 0.29) is 35.9 Å². The summed E-state index contributed by atoms with van der Waals surface area (Å²) in [7, 11) is 1.64. The second-order valence-corrected chi connectivity index (χ2v) is 6.43. The van der Waals surface area contributed by atoms with Gasteiger partial charge in [0.15, 0.2) is 5.96 Å². The van der Waals surface area contributed by atoms with E-state index in [2.05, 4.69) is 33.7 Å². The van der Waals surface area contributed by atoms with Crippen LogP contribution in [0.25, 0.3) is 0 Å². The van der Waals surface area contributed by atoms with Crippen LogP contribution in [0.1, 0.15) is 36.4 Å². The van der Waals surface area contributed by atoms with E-state index in [4.69, 9.17) is 4.74 Å². The molecule has 1 aromatic carbocycles. The molecule has 1 aromatic heterocycles. The smallest absolute Gasteiger partial charge is 0.191 e. The molecular weight excluding hydrogens is 472 g/mol. The summed E-state index contributed by atoms with van der Waals surface area (Å²) in [6.07, 6.45) is 0.730. The average Bonchev–Trinajstić information content (AvgIpc) is 2.97. The number of aliphatic imine (C=N–C) groups is 1. The first-order chi connectivity index (χ1) is 13.0. The zero-order valence-electron chi connectivity index (χ0n) is 17.0. The van der Waals surface area contributed by atoms with Gasteiger partial charge in [0.05, 0.1) is 12.2 Å². The molecule has 0 aliphatic heterocycles. The summed E-state index contributed by atoms with van der Waals surface area (Å²) in [6, 6.07) is 8.42. The van der Waals surface area contributed by atoms with Gasteiger partial charge in [0.25, 0.3) is 0 Å². The second kappa shape index (κ2) is 12.7. The molecule has 0 saturated heterocycles. The minimum Gasteiger partial charge on any atom is -0.375 e. The van der Waals surface area contributed by atoms with Crippen LogP contribution in [-0.2, 0) is 11.3 Å². The van der Waals surface area contributed by atoms with Crippen molar-refractivity contribution in [3.63, 3.8) is 0 Å². The molecule has 1 atom stereocenters. The summed E-state index contributed by atoms with van der Waals surface area (Å²) in [5.74, 6) is 0.491. The highest BCUT2D eigenvalue weighted by Crippen LogP contribution is 2.17. The minimum atomic E-state index is -0.255. The van der Waals surface area contributed by atoms with E-state index >= 15 is 0 Å². The van der Waals surface area contributed by atoms with Crippen LogP contribution < -0.4 is 10.6 Å². The maximum atomic E-state index is 13.1. The Morgan fingerprint density at radius 3 is 2.54 bits per heavy atom. The van der Waals surface area contributed by atoms with Crippen molar-refractivity contribution < 1.29 is 9.13 Å². The molecule has 0 aliphatic carbocycles. The summed E-state index contributed by atoms with van der Waals surface area (Å²) in [5, 5.41) is 11.1. The number of ether oxygens (including phenoxy) is 1. The lowest BCUT2D eigenvalue weighted by Crippen LogP contribution is -2.38. The van der Waals surface area contributed by atoms with Gasteiger partial charge in [0.1, 0.15) is 11.9 Å². The Balaban J connectivity index is 0.00000392. The minimum absolute atomic E-state index is 0. The Bertz CT molecular complexity index is 733. The Hall–Kier alpha value is -1.68. The Kier molecular flexibility index (Phi) is 11.1. The molecule has 1 heterocycles. The van der Waals surface area contributed by atoms with Crippen LogP contribution in [0.2, 0.25) is 0 Å². The van der Waals surface area contributed by atoms with Gasteiger partial charge in [-0.15, -0.1) is 24.0 Å². The van der Waals surface area contributed by atoms with Crippen LogP contribution >= 0.6 is 24.0 Å². The predicted molar refractivity (Wildman–Crippen MR) is 122 cm³/mol. The lowest BCUT2D eigenvalue weighted by atomic mass is 10.1. The summed E-state index contributed by atoms with van der Waals surface area (Å²) >= 11 is 0. The number of aryl methyl sites for hydroxylation is 3. The van der Waals surface area contributed by atoms with Gasteiger partial charge in [0.2, 0.25) is 0 Å². The van der Waals surface area contributed by atoms with E-state index in [1.54, 1.807) is 19.2 Å². The van der Waals surface area contributed by atoms with E-state index in [9.17, 15) is 4.39 Å². The molecule has 0 radical (unpaired) electrons. The molecule has 0 fully saturated rings. The molecule has 28 heavy (non-hydrogen) atoms. The first-order valence-electron chi connectivity index (χ1n) is 9.35. The fraction of sp³-hybridized carbons (Fsp3) is 0.500. The van der Waals surface area contributed by atoms with Crippen LogP contribution in [0.5, 0.6) is 0 Å². The number of hydrogen-bond acceptors (Lipinski definition) is 3. The quantitative estimate of drug-likeness (QED) is 0.238. The van der Waals surface area contributed by atoms with Crippen LogP contribution in [0, 0.1) is 19.7 Å². The van der Waals surface area contributed by atoms with Crippen molar-refractivity contribution in [1.82, 2.24) is 20.4 Å². The molecule has 0 bridgehead atoms. The van der Waals surface area contributed by atoms with Crippen molar-refractivity contribution in [2.45, 2.75) is 39.8 Å². The SMILES string of the molecule is CCNC(=NCC(OC)c1ccc(F)cc1)NCCCn1nc(C)cc1C.I. The fourth-order valence-electron chi connectivity index (χ4n) is 2.85. The highest BCUT2D eigenvalue weighted by Gasteiger charge is 2.10. The van der Waals surface area contributed by atoms with E-state index in [0.717, 1.165) is 43.3 Å².